The van der Waals surface area contributed by atoms with Gasteiger partial charge in [-0.2, -0.15) is 0 Å². The average molecular weight is 779 g/mol. The molecular formula is C56H58O3. The highest BCUT2D eigenvalue weighted by Crippen LogP contribution is 2.52. The second-order valence-electron chi connectivity index (χ2n) is 16.0. The summed E-state index contributed by atoms with van der Waals surface area (Å²) >= 11 is 0. The topological polar surface area (TPSA) is 27.7 Å². The third kappa shape index (κ3) is 8.26. The fourth-order valence-electron chi connectivity index (χ4n) is 8.98. The number of rotatable bonds is 18. The zero-order valence-electron chi connectivity index (χ0n) is 35.4. The van der Waals surface area contributed by atoms with Gasteiger partial charge < -0.3 is 14.2 Å². The van der Waals surface area contributed by atoms with Crippen molar-refractivity contribution in [3.8, 4) is 34.5 Å². The van der Waals surface area contributed by atoms with Crippen molar-refractivity contribution < 1.29 is 14.2 Å². The number of hydrogen-bond donors (Lipinski definition) is 0. The molecule has 8 aromatic carbocycles. The van der Waals surface area contributed by atoms with Crippen LogP contribution in [-0.2, 0) is 25.7 Å². The summed E-state index contributed by atoms with van der Waals surface area (Å²) in [5.41, 5.74) is 5.39. The minimum atomic E-state index is 0.697. The molecule has 59 heavy (non-hydrogen) atoms. The Morgan fingerprint density at radius 3 is 0.983 bits per heavy atom. The quantitative estimate of drug-likeness (QED) is 0.0812. The smallest absolute Gasteiger partial charge is 0.178 e. The second kappa shape index (κ2) is 18.9. The van der Waals surface area contributed by atoms with E-state index in [1.54, 1.807) is 0 Å². The molecule has 0 unspecified atom stereocenters. The lowest BCUT2D eigenvalue weighted by Crippen LogP contribution is -2.03. The molecule has 0 aliphatic heterocycles. The predicted octanol–water partition coefficient (Wildman–Crippen LogP) is 17.0. The van der Waals surface area contributed by atoms with Crippen LogP contribution in [0.2, 0.25) is 0 Å². The van der Waals surface area contributed by atoms with Crippen LogP contribution < -0.4 is 14.2 Å². The maximum absolute atomic E-state index is 7.82. The molecule has 0 saturated heterocycles. The first-order valence-corrected chi connectivity index (χ1v) is 22.3. The molecule has 0 aliphatic rings. The Balaban J connectivity index is 1.51. The first-order valence-electron chi connectivity index (χ1n) is 22.3. The first-order chi connectivity index (χ1) is 29.1. The Hall–Kier alpha value is -5.80. The minimum absolute atomic E-state index is 0.697. The molecule has 8 aromatic rings. The third-order valence-corrected chi connectivity index (χ3v) is 11.9. The van der Waals surface area contributed by atoms with E-state index in [0.29, 0.717) is 11.5 Å². The van der Waals surface area contributed by atoms with Crippen LogP contribution in [0.3, 0.4) is 0 Å². The normalized spacial score (nSPS) is 11.5. The highest BCUT2D eigenvalue weighted by Gasteiger charge is 2.26. The summed E-state index contributed by atoms with van der Waals surface area (Å²) in [4.78, 5) is 0. The Bertz CT molecular complexity index is 2490. The van der Waals surface area contributed by atoms with Crippen molar-refractivity contribution in [3.63, 3.8) is 0 Å². The lowest BCUT2D eigenvalue weighted by atomic mass is 9.86. The molecule has 0 atom stereocenters. The SMILES string of the molecule is CCCCc1c2ccccc2c(CCCC)c2c(Oc3c(Oc4ccccc4)ccc4c(CCCC)c5ccccc5c(CCCC)c34)c(Oc3ccccc3)ccc12. The van der Waals surface area contributed by atoms with Crippen LogP contribution in [0.15, 0.2) is 133 Å². The fourth-order valence-corrected chi connectivity index (χ4v) is 8.98. The van der Waals surface area contributed by atoms with Crippen molar-refractivity contribution in [2.45, 2.75) is 105 Å². The number of ether oxygens (including phenoxy) is 3. The number of hydrogen-bond acceptors (Lipinski definition) is 3. The van der Waals surface area contributed by atoms with Crippen LogP contribution in [0.1, 0.15) is 101 Å². The molecule has 0 heterocycles. The van der Waals surface area contributed by atoms with Gasteiger partial charge in [0.05, 0.1) is 0 Å². The molecule has 0 saturated carbocycles. The molecule has 300 valence electrons. The molecule has 0 spiro atoms. The van der Waals surface area contributed by atoms with Crippen LogP contribution in [0.25, 0.3) is 43.1 Å². The summed E-state index contributed by atoms with van der Waals surface area (Å²) in [7, 11) is 0. The van der Waals surface area contributed by atoms with E-state index >= 15 is 0 Å². The summed E-state index contributed by atoms with van der Waals surface area (Å²) in [6.45, 7) is 9.12. The lowest BCUT2D eigenvalue weighted by molar-refractivity contribution is 0.400. The first kappa shape index (κ1) is 40.0. The molecule has 3 heteroatoms. The van der Waals surface area contributed by atoms with Crippen LogP contribution in [-0.4, -0.2) is 0 Å². The third-order valence-electron chi connectivity index (χ3n) is 11.9. The van der Waals surface area contributed by atoms with E-state index in [4.69, 9.17) is 14.2 Å². The van der Waals surface area contributed by atoms with E-state index in [1.165, 1.54) is 54.6 Å². The zero-order chi connectivity index (χ0) is 40.6. The van der Waals surface area contributed by atoms with Gasteiger partial charge in [0, 0.05) is 10.8 Å². The second-order valence-corrected chi connectivity index (χ2v) is 16.0. The number of aryl methyl sites for hydroxylation is 4. The molecule has 0 radical (unpaired) electrons. The van der Waals surface area contributed by atoms with Gasteiger partial charge in [0.2, 0.25) is 0 Å². The van der Waals surface area contributed by atoms with E-state index in [-0.39, 0.29) is 0 Å². The number of unbranched alkanes of at least 4 members (excludes halogenated alkanes) is 4. The molecule has 0 aromatic heterocycles. The summed E-state index contributed by atoms with van der Waals surface area (Å²) < 4.78 is 21.7. The molecule has 0 bridgehead atoms. The number of fused-ring (bicyclic) bond motifs is 4. The van der Waals surface area contributed by atoms with E-state index in [2.05, 4.69) is 100 Å². The van der Waals surface area contributed by atoms with Crippen molar-refractivity contribution in [2.75, 3.05) is 0 Å². The largest absolute Gasteiger partial charge is 0.453 e. The molecule has 0 N–H and O–H groups in total. The van der Waals surface area contributed by atoms with E-state index in [1.807, 2.05) is 60.7 Å². The number of benzene rings is 8. The maximum atomic E-state index is 7.82. The van der Waals surface area contributed by atoms with Crippen molar-refractivity contribution in [2.24, 2.45) is 0 Å². The van der Waals surface area contributed by atoms with Crippen LogP contribution in [0, 0.1) is 0 Å². The maximum Gasteiger partial charge on any atom is 0.178 e. The van der Waals surface area contributed by atoms with Crippen LogP contribution in [0.5, 0.6) is 34.5 Å². The fraction of sp³-hybridized carbons (Fsp3) is 0.286. The van der Waals surface area contributed by atoms with Gasteiger partial charge in [0.1, 0.15) is 11.5 Å². The van der Waals surface area contributed by atoms with Gasteiger partial charge in [-0.1, -0.05) is 150 Å². The summed E-state index contributed by atoms with van der Waals surface area (Å²) in [5.74, 6) is 4.43. The predicted molar refractivity (Wildman–Crippen MR) is 250 cm³/mol. The van der Waals surface area contributed by atoms with E-state index in [9.17, 15) is 0 Å². The molecule has 0 amide bonds. The van der Waals surface area contributed by atoms with Gasteiger partial charge in [-0.3, -0.25) is 0 Å². The van der Waals surface area contributed by atoms with Crippen molar-refractivity contribution in [3.05, 3.63) is 156 Å². The van der Waals surface area contributed by atoms with Crippen molar-refractivity contribution >= 4 is 43.1 Å². The molecule has 8 rings (SSSR count). The van der Waals surface area contributed by atoms with Crippen LogP contribution >= 0.6 is 0 Å². The van der Waals surface area contributed by atoms with Gasteiger partial charge in [-0.05, 0) is 142 Å². The monoisotopic (exact) mass is 778 g/mol. The molecule has 0 fully saturated rings. The zero-order valence-corrected chi connectivity index (χ0v) is 35.4. The van der Waals surface area contributed by atoms with Crippen molar-refractivity contribution in [1.29, 1.82) is 0 Å². The average Bonchev–Trinajstić information content (AvgIpc) is 3.28. The van der Waals surface area contributed by atoms with Gasteiger partial charge in [-0.25, -0.2) is 0 Å². The Kier molecular flexibility index (Phi) is 12.8. The molecular weight excluding hydrogens is 721 g/mol. The Morgan fingerprint density at radius 1 is 0.305 bits per heavy atom. The Labute approximate surface area is 351 Å². The lowest BCUT2D eigenvalue weighted by Gasteiger charge is -2.25. The van der Waals surface area contributed by atoms with Crippen LogP contribution in [0.4, 0.5) is 0 Å². The highest BCUT2D eigenvalue weighted by atomic mass is 16.5. The van der Waals surface area contributed by atoms with Gasteiger partial charge >= 0.3 is 0 Å². The van der Waals surface area contributed by atoms with Crippen molar-refractivity contribution in [1.82, 2.24) is 0 Å². The summed E-state index contributed by atoms with van der Waals surface area (Å²) in [5, 5.41) is 10.0. The van der Waals surface area contributed by atoms with Gasteiger partial charge in [0.15, 0.2) is 23.0 Å². The minimum Gasteiger partial charge on any atom is -0.453 e. The van der Waals surface area contributed by atoms with Gasteiger partial charge in [-0.15, -0.1) is 0 Å². The van der Waals surface area contributed by atoms with Gasteiger partial charge in [0.25, 0.3) is 0 Å². The van der Waals surface area contributed by atoms with E-state index < -0.39 is 0 Å². The van der Waals surface area contributed by atoms with E-state index in [0.717, 1.165) is 111 Å². The highest BCUT2D eigenvalue weighted by molar-refractivity contribution is 6.11. The standard InChI is InChI=1S/C56H58O3/c1-5-9-27-43-41-31-19-21-33-45(41)47(29-11-7-3)53-49(43)35-37-51(57-39-23-15-13-16-24-39)55(53)59-56-52(58-40-25-17-14-18-26-40)38-36-50-44(28-10-6-2)42-32-20-22-34-46(42)48(54(50)56)30-12-8-4/h13-26,31-38H,5-12,27-30H2,1-4H3. The summed E-state index contributed by atoms with van der Waals surface area (Å²) in [6.07, 6.45) is 12.6. The molecule has 3 nitrogen and oxygen atoms in total. The summed E-state index contributed by atoms with van der Waals surface area (Å²) in [6, 6.07) is 47.2. The Morgan fingerprint density at radius 2 is 0.627 bits per heavy atom. The number of para-hydroxylation sites is 2. The molecule has 0 aliphatic carbocycles.